The molecule has 0 aliphatic heterocycles. The summed E-state index contributed by atoms with van der Waals surface area (Å²) in [5, 5.41) is 11.1. The highest BCUT2D eigenvalue weighted by Crippen LogP contribution is 2.12. The number of ether oxygens (including phenoxy) is 1. The van der Waals surface area contributed by atoms with Crippen molar-refractivity contribution in [1.82, 2.24) is 5.32 Å². The van der Waals surface area contributed by atoms with Crippen molar-refractivity contribution in [2.75, 3.05) is 13.7 Å². The molecule has 0 radical (unpaired) electrons. The Hall–Kier alpha value is -2.02. The number of nitrogens with one attached hydrogen (secondary N) is 1. The number of amides is 1. The lowest BCUT2D eigenvalue weighted by molar-refractivity contribution is 0.0953. The molecule has 0 heterocycles. The lowest BCUT2D eigenvalue weighted by Gasteiger charge is -2.05. The highest BCUT2D eigenvalue weighted by molar-refractivity contribution is 5.94. The van der Waals surface area contributed by atoms with Crippen molar-refractivity contribution in [2.24, 2.45) is 0 Å². The molecule has 1 rings (SSSR count). The summed E-state index contributed by atoms with van der Waals surface area (Å²) in [5.41, 5.74) is 0.566. The molecule has 0 saturated carbocycles. The van der Waals surface area contributed by atoms with Crippen molar-refractivity contribution in [2.45, 2.75) is 12.8 Å². The summed E-state index contributed by atoms with van der Waals surface area (Å²) in [7, 11) is 1.56. The number of carbonyl (C=O) groups is 1. The van der Waals surface area contributed by atoms with Crippen LogP contribution in [0.25, 0.3) is 0 Å². The van der Waals surface area contributed by atoms with E-state index in [1.54, 1.807) is 31.4 Å². The van der Waals surface area contributed by atoms with Crippen LogP contribution in [0.5, 0.6) is 5.75 Å². The summed E-state index contributed by atoms with van der Waals surface area (Å²) in [6.45, 7) is 0.517. The zero-order valence-electron chi connectivity index (χ0n) is 9.19. The van der Waals surface area contributed by atoms with Gasteiger partial charge < -0.3 is 10.1 Å². The van der Waals surface area contributed by atoms with E-state index in [-0.39, 0.29) is 5.91 Å². The van der Waals surface area contributed by atoms with Crippen LogP contribution >= 0.6 is 0 Å². The summed E-state index contributed by atoms with van der Waals surface area (Å²) in [4.78, 5) is 11.6. The molecule has 4 nitrogen and oxygen atoms in total. The van der Waals surface area contributed by atoms with Gasteiger partial charge >= 0.3 is 0 Å². The van der Waals surface area contributed by atoms with Gasteiger partial charge in [-0.2, -0.15) is 5.26 Å². The maximum atomic E-state index is 11.6. The SMILES string of the molecule is COc1cccc(C(=O)NCCCC#N)c1. The molecule has 0 fully saturated rings. The van der Waals surface area contributed by atoms with Crippen LogP contribution in [-0.2, 0) is 0 Å². The Kier molecular flexibility index (Phi) is 4.87. The number of nitriles is 1. The fraction of sp³-hybridized carbons (Fsp3) is 0.333. The van der Waals surface area contributed by atoms with Gasteiger partial charge in [0.15, 0.2) is 0 Å². The summed E-state index contributed by atoms with van der Waals surface area (Å²) in [6.07, 6.45) is 1.13. The highest BCUT2D eigenvalue weighted by atomic mass is 16.5. The van der Waals surface area contributed by atoms with Crippen molar-refractivity contribution >= 4 is 5.91 Å². The number of benzene rings is 1. The van der Waals surface area contributed by atoms with Crippen LogP contribution in [0.3, 0.4) is 0 Å². The lowest BCUT2D eigenvalue weighted by Crippen LogP contribution is -2.24. The Labute approximate surface area is 94.8 Å². The quantitative estimate of drug-likeness (QED) is 0.765. The predicted molar refractivity (Wildman–Crippen MR) is 60.2 cm³/mol. The summed E-state index contributed by atoms with van der Waals surface area (Å²) in [6, 6.07) is 8.98. The zero-order valence-corrected chi connectivity index (χ0v) is 9.19. The molecule has 0 aromatic heterocycles. The van der Waals surface area contributed by atoms with E-state index in [0.29, 0.717) is 30.7 Å². The van der Waals surface area contributed by atoms with Crippen LogP contribution in [0.4, 0.5) is 0 Å². The van der Waals surface area contributed by atoms with Crippen LogP contribution < -0.4 is 10.1 Å². The largest absolute Gasteiger partial charge is 0.497 e. The van der Waals surface area contributed by atoms with E-state index in [9.17, 15) is 4.79 Å². The van der Waals surface area contributed by atoms with Gasteiger partial charge in [-0.1, -0.05) is 6.07 Å². The Morgan fingerprint density at radius 2 is 2.38 bits per heavy atom. The average molecular weight is 218 g/mol. The van der Waals surface area contributed by atoms with E-state index < -0.39 is 0 Å². The number of unbranched alkanes of at least 4 members (excludes halogenated alkanes) is 1. The van der Waals surface area contributed by atoms with Crippen molar-refractivity contribution in [1.29, 1.82) is 5.26 Å². The van der Waals surface area contributed by atoms with E-state index in [2.05, 4.69) is 5.32 Å². The molecule has 1 aromatic rings. The van der Waals surface area contributed by atoms with Gasteiger partial charge in [-0.25, -0.2) is 0 Å². The molecular weight excluding hydrogens is 204 g/mol. The van der Waals surface area contributed by atoms with E-state index in [1.807, 2.05) is 6.07 Å². The van der Waals surface area contributed by atoms with Gasteiger partial charge in [0.1, 0.15) is 5.75 Å². The van der Waals surface area contributed by atoms with Gasteiger partial charge in [-0.05, 0) is 24.6 Å². The first-order chi connectivity index (χ1) is 7.77. The third-order valence-electron chi connectivity index (χ3n) is 2.08. The number of rotatable bonds is 5. The second-order valence-corrected chi connectivity index (χ2v) is 3.25. The molecule has 0 atom stereocenters. The molecule has 0 aliphatic rings. The van der Waals surface area contributed by atoms with Gasteiger partial charge in [0.2, 0.25) is 0 Å². The molecule has 16 heavy (non-hydrogen) atoms. The Bertz CT molecular complexity index is 396. The normalized spacial score (nSPS) is 9.25. The molecule has 1 N–H and O–H groups in total. The van der Waals surface area contributed by atoms with E-state index in [0.717, 1.165) is 0 Å². The second-order valence-electron chi connectivity index (χ2n) is 3.25. The third-order valence-corrected chi connectivity index (χ3v) is 2.08. The minimum Gasteiger partial charge on any atom is -0.497 e. The maximum Gasteiger partial charge on any atom is 0.251 e. The zero-order chi connectivity index (χ0) is 11.8. The van der Waals surface area contributed by atoms with E-state index >= 15 is 0 Å². The van der Waals surface area contributed by atoms with Crippen molar-refractivity contribution < 1.29 is 9.53 Å². The number of hydrogen-bond donors (Lipinski definition) is 1. The standard InChI is InChI=1S/C12H14N2O2/c1-16-11-6-4-5-10(9-11)12(15)14-8-3-2-7-13/h4-6,9H,2-3,8H2,1H3,(H,14,15). The smallest absolute Gasteiger partial charge is 0.251 e. The number of hydrogen-bond acceptors (Lipinski definition) is 3. The third kappa shape index (κ3) is 3.62. The molecule has 0 aliphatic carbocycles. The number of carbonyl (C=O) groups excluding carboxylic acids is 1. The topological polar surface area (TPSA) is 62.1 Å². The number of methoxy groups -OCH3 is 1. The summed E-state index contributed by atoms with van der Waals surface area (Å²) >= 11 is 0. The number of nitrogens with zero attached hydrogens (tertiary/aromatic N) is 1. The fourth-order valence-corrected chi connectivity index (χ4v) is 1.24. The predicted octanol–water partition coefficient (Wildman–Crippen LogP) is 1.73. The molecule has 0 spiro atoms. The van der Waals surface area contributed by atoms with Crippen molar-refractivity contribution in [3.8, 4) is 11.8 Å². The summed E-state index contributed by atoms with van der Waals surface area (Å²) in [5.74, 6) is 0.515. The van der Waals surface area contributed by atoms with Gasteiger partial charge in [0.05, 0.1) is 13.2 Å². The molecule has 0 unspecified atom stereocenters. The van der Waals surface area contributed by atoms with E-state index in [1.165, 1.54) is 0 Å². The molecule has 0 saturated heterocycles. The lowest BCUT2D eigenvalue weighted by atomic mass is 10.2. The first kappa shape index (κ1) is 12.1. The summed E-state index contributed by atoms with van der Waals surface area (Å²) < 4.78 is 5.02. The minimum atomic E-state index is -0.142. The molecule has 0 bridgehead atoms. The van der Waals surface area contributed by atoms with Gasteiger partial charge in [0, 0.05) is 18.5 Å². The fourth-order valence-electron chi connectivity index (χ4n) is 1.24. The van der Waals surface area contributed by atoms with E-state index in [4.69, 9.17) is 10.00 Å². The second kappa shape index (κ2) is 6.46. The first-order valence-electron chi connectivity index (χ1n) is 5.07. The molecule has 1 amide bonds. The molecular formula is C12H14N2O2. The Balaban J connectivity index is 2.49. The van der Waals surface area contributed by atoms with Crippen LogP contribution in [0.1, 0.15) is 23.2 Å². The average Bonchev–Trinajstić information content (AvgIpc) is 2.34. The van der Waals surface area contributed by atoms with Crippen LogP contribution in [0.15, 0.2) is 24.3 Å². The molecule has 84 valence electrons. The Morgan fingerprint density at radius 3 is 3.06 bits per heavy atom. The molecule has 1 aromatic carbocycles. The van der Waals surface area contributed by atoms with Crippen LogP contribution in [0, 0.1) is 11.3 Å². The van der Waals surface area contributed by atoms with Gasteiger partial charge in [-0.15, -0.1) is 0 Å². The van der Waals surface area contributed by atoms with Crippen molar-refractivity contribution in [3.05, 3.63) is 29.8 Å². The van der Waals surface area contributed by atoms with Crippen LogP contribution in [0.2, 0.25) is 0 Å². The first-order valence-corrected chi connectivity index (χ1v) is 5.07. The Morgan fingerprint density at radius 1 is 1.56 bits per heavy atom. The van der Waals surface area contributed by atoms with Gasteiger partial charge in [0.25, 0.3) is 5.91 Å². The minimum absolute atomic E-state index is 0.142. The van der Waals surface area contributed by atoms with Crippen LogP contribution in [-0.4, -0.2) is 19.6 Å². The highest BCUT2D eigenvalue weighted by Gasteiger charge is 2.05. The van der Waals surface area contributed by atoms with Gasteiger partial charge in [-0.3, -0.25) is 4.79 Å². The van der Waals surface area contributed by atoms with Crippen molar-refractivity contribution in [3.63, 3.8) is 0 Å². The monoisotopic (exact) mass is 218 g/mol. The molecule has 4 heteroatoms. The maximum absolute atomic E-state index is 11.6.